The SMILES string of the molecule is CC1(CNS(=O)(=O)c2ccsc2C(=O)O)COC1. The molecule has 0 radical (unpaired) electrons. The molecule has 0 atom stereocenters. The molecule has 1 fully saturated rings. The van der Waals surface area contributed by atoms with Crippen LogP contribution in [0.3, 0.4) is 0 Å². The third-order valence-electron chi connectivity index (χ3n) is 2.70. The van der Waals surface area contributed by atoms with Crippen LogP contribution in [-0.2, 0) is 14.8 Å². The first-order valence-electron chi connectivity index (χ1n) is 5.22. The van der Waals surface area contributed by atoms with Crippen LogP contribution in [0, 0.1) is 5.41 Å². The van der Waals surface area contributed by atoms with Gasteiger partial charge in [0.25, 0.3) is 0 Å². The fourth-order valence-corrected chi connectivity index (χ4v) is 4.02. The molecule has 6 nitrogen and oxygen atoms in total. The Morgan fingerprint density at radius 1 is 1.61 bits per heavy atom. The number of nitrogens with one attached hydrogen (secondary N) is 1. The van der Waals surface area contributed by atoms with Gasteiger partial charge >= 0.3 is 5.97 Å². The van der Waals surface area contributed by atoms with Crippen molar-refractivity contribution >= 4 is 27.3 Å². The number of carbonyl (C=O) groups is 1. The molecule has 1 saturated heterocycles. The molecule has 18 heavy (non-hydrogen) atoms. The van der Waals surface area contributed by atoms with Gasteiger partial charge in [0.15, 0.2) is 0 Å². The van der Waals surface area contributed by atoms with Crippen LogP contribution in [0.2, 0.25) is 0 Å². The molecule has 1 aromatic heterocycles. The number of carboxylic acids is 1. The molecule has 2 heterocycles. The largest absolute Gasteiger partial charge is 0.477 e. The number of rotatable bonds is 5. The van der Waals surface area contributed by atoms with Crippen LogP contribution < -0.4 is 4.72 Å². The molecule has 100 valence electrons. The van der Waals surface area contributed by atoms with Crippen LogP contribution >= 0.6 is 11.3 Å². The molecule has 0 spiro atoms. The van der Waals surface area contributed by atoms with E-state index in [1.165, 1.54) is 11.4 Å². The van der Waals surface area contributed by atoms with E-state index in [2.05, 4.69) is 4.72 Å². The average Bonchev–Trinajstić information content (AvgIpc) is 2.73. The van der Waals surface area contributed by atoms with Crippen LogP contribution in [-0.4, -0.2) is 39.3 Å². The Labute approximate surface area is 109 Å². The molecule has 1 aliphatic rings. The maximum Gasteiger partial charge on any atom is 0.347 e. The van der Waals surface area contributed by atoms with Gasteiger partial charge < -0.3 is 9.84 Å². The van der Waals surface area contributed by atoms with E-state index in [-0.39, 0.29) is 21.7 Å². The van der Waals surface area contributed by atoms with E-state index in [9.17, 15) is 13.2 Å². The summed E-state index contributed by atoms with van der Waals surface area (Å²) in [4.78, 5) is 10.6. The Balaban J connectivity index is 2.15. The van der Waals surface area contributed by atoms with Gasteiger partial charge in [0.2, 0.25) is 10.0 Å². The lowest BCUT2D eigenvalue weighted by molar-refractivity contribution is -0.0965. The van der Waals surface area contributed by atoms with Crippen molar-refractivity contribution in [1.82, 2.24) is 4.72 Å². The number of hydrogen-bond acceptors (Lipinski definition) is 5. The van der Waals surface area contributed by atoms with E-state index < -0.39 is 16.0 Å². The summed E-state index contributed by atoms with van der Waals surface area (Å²) in [5, 5.41) is 10.4. The van der Waals surface area contributed by atoms with E-state index in [4.69, 9.17) is 9.84 Å². The van der Waals surface area contributed by atoms with Gasteiger partial charge in [-0.25, -0.2) is 17.9 Å². The lowest BCUT2D eigenvalue weighted by Gasteiger charge is -2.37. The molecular formula is C10H13NO5S2. The normalized spacial score (nSPS) is 18.3. The first-order chi connectivity index (χ1) is 8.34. The van der Waals surface area contributed by atoms with E-state index in [0.717, 1.165) is 11.3 Å². The van der Waals surface area contributed by atoms with Crippen LogP contribution in [0.15, 0.2) is 16.3 Å². The van der Waals surface area contributed by atoms with Crippen molar-refractivity contribution in [2.45, 2.75) is 11.8 Å². The molecule has 8 heteroatoms. The molecular weight excluding hydrogens is 278 g/mol. The Morgan fingerprint density at radius 3 is 2.78 bits per heavy atom. The van der Waals surface area contributed by atoms with E-state index >= 15 is 0 Å². The fraction of sp³-hybridized carbons (Fsp3) is 0.500. The summed E-state index contributed by atoms with van der Waals surface area (Å²) in [6.45, 7) is 3.16. The van der Waals surface area contributed by atoms with Crippen LogP contribution in [0.25, 0.3) is 0 Å². The minimum Gasteiger partial charge on any atom is -0.477 e. The highest BCUT2D eigenvalue weighted by atomic mass is 32.2. The smallest absolute Gasteiger partial charge is 0.347 e. The summed E-state index contributed by atoms with van der Waals surface area (Å²) < 4.78 is 31.5. The number of sulfonamides is 1. The third-order valence-corrected chi connectivity index (χ3v) is 5.18. The van der Waals surface area contributed by atoms with Crippen molar-refractivity contribution < 1.29 is 23.1 Å². The molecule has 0 bridgehead atoms. The summed E-state index contributed by atoms with van der Waals surface area (Å²) in [5.74, 6) is -1.23. The standard InChI is InChI=1S/C10H13NO5S2/c1-10(5-16-6-10)4-11-18(14,15)7-2-3-17-8(7)9(12)13/h2-3,11H,4-6H2,1H3,(H,12,13). The highest BCUT2D eigenvalue weighted by molar-refractivity contribution is 7.89. The lowest BCUT2D eigenvalue weighted by atomic mass is 9.89. The quantitative estimate of drug-likeness (QED) is 0.835. The Bertz CT molecular complexity index is 559. The topological polar surface area (TPSA) is 92.7 Å². The van der Waals surface area contributed by atoms with Gasteiger partial charge in [-0.05, 0) is 11.4 Å². The third kappa shape index (κ3) is 2.56. The molecule has 0 aromatic carbocycles. The number of thiophene rings is 1. The van der Waals surface area contributed by atoms with E-state index in [1.54, 1.807) is 0 Å². The first kappa shape index (κ1) is 13.5. The molecule has 1 aliphatic heterocycles. The second-order valence-corrected chi connectivity index (χ2v) is 7.20. The second-order valence-electron chi connectivity index (χ2n) is 4.55. The van der Waals surface area contributed by atoms with E-state index in [1.807, 2.05) is 6.92 Å². The molecule has 2 N–H and O–H groups in total. The molecule has 2 rings (SSSR count). The molecule has 0 aliphatic carbocycles. The van der Waals surface area contributed by atoms with Gasteiger partial charge in [-0.15, -0.1) is 11.3 Å². The van der Waals surface area contributed by atoms with E-state index in [0.29, 0.717) is 13.2 Å². The van der Waals surface area contributed by atoms with Crippen molar-refractivity contribution in [2.24, 2.45) is 5.41 Å². The minimum absolute atomic E-state index is 0.169. The van der Waals surface area contributed by atoms with Gasteiger partial charge in [-0.1, -0.05) is 6.92 Å². The van der Waals surface area contributed by atoms with Crippen LogP contribution in [0.5, 0.6) is 0 Å². The molecule has 0 unspecified atom stereocenters. The van der Waals surface area contributed by atoms with Crippen molar-refractivity contribution in [3.8, 4) is 0 Å². The summed E-state index contributed by atoms with van der Waals surface area (Å²) in [7, 11) is -3.78. The van der Waals surface area contributed by atoms with Crippen molar-refractivity contribution in [3.05, 3.63) is 16.3 Å². The molecule has 0 saturated carbocycles. The predicted octanol–water partition coefficient (Wildman–Crippen LogP) is 0.761. The maximum atomic E-state index is 12.0. The minimum atomic E-state index is -3.78. The van der Waals surface area contributed by atoms with Crippen LogP contribution in [0.1, 0.15) is 16.6 Å². The Kier molecular flexibility index (Phi) is 3.45. The first-order valence-corrected chi connectivity index (χ1v) is 7.59. The summed E-state index contributed by atoms with van der Waals surface area (Å²) in [5.41, 5.74) is -0.202. The zero-order valence-electron chi connectivity index (χ0n) is 9.67. The van der Waals surface area contributed by atoms with Gasteiger partial charge in [0, 0.05) is 12.0 Å². The highest BCUT2D eigenvalue weighted by Crippen LogP contribution is 2.27. The van der Waals surface area contributed by atoms with Crippen LogP contribution in [0.4, 0.5) is 0 Å². The zero-order valence-corrected chi connectivity index (χ0v) is 11.3. The monoisotopic (exact) mass is 291 g/mol. The number of aromatic carboxylic acids is 1. The average molecular weight is 291 g/mol. The summed E-state index contributed by atoms with van der Waals surface area (Å²) >= 11 is 0.894. The Morgan fingerprint density at radius 2 is 2.28 bits per heavy atom. The number of hydrogen-bond donors (Lipinski definition) is 2. The lowest BCUT2D eigenvalue weighted by Crippen LogP contribution is -2.48. The number of ether oxygens (including phenoxy) is 1. The van der Waals surface area contributed by atoms with Crippen molar-refractivity contribution in [1.29, 1.82) is 0 Å². The van der Waals surface area contributed by atoms with Gasteiger partial charge in [-0.2, -0.15) is 0 Å². The summed E-state index contributed by atoms with van der Waals surface area (Å²) in [6, 6.07) is 1.30. The molecule has 0 amide bonds. The van der Waals surface area contributed by atoms with Gasteiger partial charge in [0.1, 0.15) is 9.77 Å². The number of carboxylic acid groups (broad SMARTS) is 1. The van der Waals surface area contributed by atoms with Gasteiger partial charge in [0.05, 0.1) is 13.2 Å². The highest BCUT2D eigenvalue weighted by Gasteiger charge is 2.35. The van der Waals surface area contributed by atoms with Crippen molar-refractivity contribution in [3.63, 3.8) is 0 Å². The summed E-state index contributed by atoms with van der Waals surface area (Å²) in [6.07, 6.45) is 0. The van der Waals surface area contributed by atoms with Crippen molar-refractivity contribution in [2.75, 3.05) is 19.8 Å². The zero-order chi connectivity index (χ0) is 13.4. The predicted molar refractivity (Wildman–Crippen MR) is 65.4 cm³/mol. The van der Waals surface area contributed by atoms with Gasteiger partial charge in [-0.3, -0.25) is 0 Å². The fourth-order valence-electron chi connectivity index (χ4n) is 1.56. The Hall–Kier alpha value is -0.960. The maximum absolute atomic E-state index is 12.0. The second kappa shape index (κ2) is 4.61. The molecule has 1 aromatic rings.